The number of nitrogens with zero attached hydrogens (tertiary/aromatic N) is 2. The Balaban J connectivity index is 1.76. The number of nitrogens with one attached hydrogen (secondary N) is 2. The number of benzene rings is 2. The summed E-state index contributed by atoms with van der Waals surface area (Å²) in [7, 11) is 0. The van der Waals surface area contributed by atoms with Crippen molar-refractivity contribution in [2.75, 3.05) is 11.4 Å². The van der Waals surface area contributed by atoms with Gasteiger partial charge in [-0.3, -0.25) is 14.4 Å². The standard InChI is InChI=1S/C29H31FN4O6/c1-4-12-34(16-19-14-22-25(13-17(19)2)31-18(3)32-28(22)38)20-10-11-21(23(30)15-20)27(37)33-24(29(39)40)8-6-5-7-9-26(35)36/h1,10-11,13-15,24H,5-9,12,16H2,2-3H3,(H,33,37)(H,35,36)(H,39,40)(H,31,32,38)/t24-/m1/s1. The number of hydrogen-bond acceptors (Lipinski definition) is 6. The van der Waals surface area contributed by atoms with Gasteiger partial charge in [0.15, 0.2) is 0 Å². The Morgan fingerprint density at radius 1 is 1.15 bits per heavy atom. The van der Waals surface area contributed by atoms with E-state index in [0.29, 0.717) is 41.7 Å². The molecular weight excluding hydrogens is 519 g/mol. The number of anilines is 1. The second kappa shape index (κ2) is 13.4. The average molecular weight is 551 g/mol. The third kappa shape index (κ3) is 7.66. The summed E-state index contributed by atoms with van der Waals surface area (Å²) in [5, 5.41) is 20.9. The lowest BCUT2D eigenvalue weighted by atomic mass is 10.0. The molecule has 0 radical (unpaired) electrons. The number of carbonyl (C=O) groups is 3. The van der Waals surface area contributed by atoms with Crippen LogP contribution in [-0.4, -0.2) is 50.6 Å². The van der Waals surface area contributed by atoms with Gasteiger partial charge in [0, 0.05) is 18.7 Å². The van der Waals surface area contributed by atoms with Gasteiger partial charge < -0.3 is 25.4 Å². The van der Waals surface area contributed by atoms with Gasteiger partial charge in [0.05, 0.1) is 23.0 Å². The maximum absolute atomic E-state index is 15.1. The van der Waals surface area contributed by atoms with Crippen LogP contribution >= 0.6 is 0 Å². The van der Waals surface area contributed by atoms with E-state index in [0.717, 1.165) is 17.2 Å². The predicted octanol–water partition coefficient (Wildman–Crippen LogP) is 3.54. The summed E-state index contributed by atoms with van der Waals surface area (Å²) in [6.07, 6.45) is 6.90. The average Bonchev–Trinajstić information content (AvgIpc) is 2.87. The van der Waals surface area contributed by atoms with Gasteiger partial charge in [-0.25, -0.2) is 14.2 Å². The van der Waals surface area contributed by atoms with Crippen LogP contribution in [0, 0.1) is 32.0 Å². The van der Waals surface area contributed by atoms with Crippen LogP contribution in [0.1, 0.15) is 59.4 Å². The molecule has 0 saturated carbocycles. The van der Waals surface area contributed by atoms with Crippen LogP contribution in [0.15, 0.2) is 35.1 Å². The molecule has 1 heterocycles. The minimum Gasteiger partial charge on any atom is -0.481 e. The molecule has 3 rings (SSSR count). The SMILES string of the molecule is C#CCN(Cc1cc2c(=O)[nH]c(C)nc2cc1C)c1ccc(C(=O)N[C@H](CCCCCC(=O)O)C(=O)O)c(F)c1. The van der Waals surface area contributed by atoms with E-state index in [1.807, 2.05) is 6.92 Å². The molecule has 11 heteroatoms. The predicted molar refractivity (Wildman–Crippen MR) is 148 cm³/mol. The molecule has 0 saturated heterocycles. The highest BCUT2D eigenvalue weighted by Crippen LogP contribution is 2.24. The van der Waals surface area contributed by atoms with Gasteiger partial charge in [0.2, 0.25) is 0 Å². The van der Waals surface area contributed by atoms with Gasteiger partial charge in [-0.15, -0.1) is 6.42 Å². The lowest BCUT2D eigenvalue weighted by Gasteiger charge is -2.24. The number of H-pyrrole nitrogens is 1. The number of aromatic nitrogens is 2. The smallest absolute Gasteiger partial charge is 0.326 e. The van der Waals surface area contributed by atoms with Gasteiger partial charge in [0.25, 0.3) is 11.5 Å². The first-order valence-electron chi connectivity index (χ1n) is 12.7. The molecule has 0 bridgehead atoms. The summed E-state index contributed by atoms with van der Waals surface area (Å²) in [6, 6.07) is 6.23. The minimum absolute atomic E-state index is 0.0199. The zero-order chi connectivity index (χ0) is 29.4. The number of unbranched alkanes of at least 4 members (excludes halogenated alkanes) is 2. The van der Waals surface area contributed by atoms with Crippen LogP contribution in [0.2, 0.25) is 0 Å². The normalized spacial score (nSPS) is 11.6. The van der Waals surface area contributed by atoms with Gasteiger partial charge >= 0.3 is 11.9 Å². The van der Waals surface area contributed by atoms with Gasteiger partial charge in [0.1, 0.15) is 17.7 Å². The minimum atomic E-state index is -1.27. The molecule has 2 aromatic carbocycles. The number of aromatic amines is 1. The molecule has 210 valence electrons. The third-order valence-electron chi connectivity index (χ3n) is 6.47. The number of aryl methyl sites for hydroxylation is 2. The number of carboxylic acids is 2. The molecule has 1 atom stereocenters. The molecule has 0 aliphatic rings. The number of hydrogen-bond donors (Lipinski definition) is 4. The number of carbonyl (C=O) groups excluding carboxylic acids is 1. The summed E-state index contributed by atoms with van der Waals surface area (Å²) < 4.78 is 15.1. The maximum Gasteiger partial charge on any atom is 0.326 e. The quantitative estimate of drug-likeness (QED) is 0.186. The molecular formula is C29H31FN4O6. The van der Waals surface area contributed by atoms with Crippen molar-refractivity contribution in [3.05, 3.63) is 69.0 Å². The Morgan fingerprint density at radius 3 is 2.55 bits per heavy atom. The molecule has 0 spiro atoms. The molecule has 1 amide bonds. The van der Waals surface area contributed by atoms with E-state index >= 15 is 4.39 Å². The molecule has 0 unspecified atom stereocenters. The largest absolute Gasteiger partial charge is 0.481 e. The zero-order valence-corrected chi connectivity index (χ0v) is 22.3. The van der Waals surface area contributed by atoms with Gasteiger partial charge in [-0.2, -0.15) is 0 Å². The van der Waals surface area contributed by atoms with Crippen molar-refractivity contribution in [1.82, 2.24) is 15.3 Å². The lowest BCUT2D eigenvalue weighted by molar-refractivity contribution is -0.140. The Morgan fingerprint density at radius 2 is 1.90 bits per heavy atom. The molecule has 4 N–H and O–H groups in total. The van der Waals surface area contributed by atoms with Crippen LogP contribution in [0.3, 0.4) is 0 Å². The number of halogens is 1. The number of terminal acetylenes is 1. The number of rotatable bonds is 13. The van der Waals surface area contributed by atoms with E-state index in [2.05, 4.69) is 21.2 Å². The molecule has 0 fully saturated rings. The highest BCUT2D eigenvalue weighted by atomic mass is 19.1. The molecule has 3 aromatic rings. The van der Waals surface area contributed by atoms with Crippen LogP contribution in [0.4, 0.5) is 10.1 Å². The van der Waals surface area contributed by atoms with Crippen molar-refractivity contribution in [2.24, 2.45) is 0 Å². The number of carboxylic acid groups (broad SMARTS) is 2. The Kier molecular flexibility index (Phi) is 9.97. The van der Waals surface area contributed by atoms with E-state index in [4.69, 9.17) is 11.5 Å². The second-order valence-corrected chi connectivity index (χ2v) is 9.53. The van der Waals surface area contributed by atoms with Crippen LogP contribution in [-0.2, 0) is 16.1 Å². The Labute approximate surface area is 230 Å². The highest BCUT2D eigenvalue weighted by molar-refractivity contribution is 5.97. The summed E-state index contributed by atoms with van der Waals surface area (Å²) >= 11 is 0. The topological polar surface area (TPSA) is 153 Å². The van der Waals surface area contributed by atoms with Crippen LogP contribution in [0.5, 0.6) is 0 Å². The summed E-state index contributed by atoms with van der Waals surface area (Å²) in [5.74, 6) is -0.886. The van der Waals surface area contributed by atoms with E-state index < -0.39 is 29.7 Å². The van der Waals surface area contributed by atoms with E-state index in [9.17, 15) is 24.3 Å². The van der Waals surface area contributed by atoms with E-state index in [-0.39, 0.29) is 37.1 Å². The lowest BCUT2D eigenvalue weighted by Crippen LogP contribution is -2.41. The van der Waals surface area contributed by atoms with E-state index in [1.165, 1.54) is 12.1 Å². The Hall–Kier alpha value is -4.72. The summed E-state index contributed by atoms with van der Waals surface area (Å²) in [4.78, 5) is 56.1. The molecule has 40 heavy (non-hydrogen) atoms. The molecule has 10 nitrogen and oxygen atoms in total. The molecule has 1 aromatic heterocycles. The van der Waals surface area contributed by atoms with Gasteiger partial charge in [-0.1, -0.05) is 18.8 Å². The first-order chi connectivity index (χ1) is 19.0. The number of fused-ring (bicyclic) bond motifs is 1. The maximum atomic E-state index is 15.1. The summed E-state index contributed by atoms with van der Waals surface area (Å²) in [6.45, 7) is 3.95. The molecule has 0 aliphatic heterocycles. The second-order valence-electron chi connectivity index (χ2n) is 9.53. The fraction of sp³-hybridized carbons (Fsp3) is 0.345. The van der Waals surface area contributed by atoms with Gasteiger partial charge in [-0.05, 0) is 68.1 Å². The number of amides is 1. The fourth-order valence-corrected chi connectivity index (χ4v) is 4.36. The van der Waals surface area contributed by atoms with Crippen molar-refractivity contribution in [2.45, 2.75) is 58.5 Å². The third-order valence-corrected chi connectivity index (χ3v) is 6.47. The van der Waals surface area contributed by atoms with E-state index in [1.54, 1.807) is 24.0 Å². The Bertz CT molecular complexity index is 1530. The first kappa shape index (κ1) is 29.8. The molecule has 0 aliphatic carbocycles. The fourth-order valence-electron chi connectivity index (χ4n) is 4.36. The highest BCUT2D eigenvalue weighted by Gasteiger charge is 2.23. The van der Waals surface area contributed by atoms with Crippen LogP contribution in [0.25, 0.3) is 10.9 Å². The monoisotopic (exact) mass is 550 g/mol. The number of aliphatic carboxylic acids is 2. The van der Waals surface area contributed by atoms with Crippen molar-refractivity contribution in [3.8, 4) is 12.3 Å². The summed E-state index contributed by atoms with van der Waals surface area (Å²) in [5.41, 5.74) is 2.02. The van der Waals surface area contributed by atoms with Crippen molar-refractivity contribution in [3.63, 3.8) is 0 Å². The van der Waals surface area contributed by atoms with Crippen molar-refractivity contribution >= 4 is 34.4 Å². The zero-order valence-electron chi connectivity index (χ0n) is 22.3. The van der Waals surface area contributed by atoms with Crippen molar-refractivity contribution in [1.29, 1.82) is 0 Å². The van der Waals surface area contributed by atoms with Crippen LogP contribution < -0.4 is 15.8 Å². The first-order valence-corrected chi connectivity index (χ1v) is 12.7. The van der Waals surface area contributed by atoms with Crippen molar-refractivity contribution < 1.29 is 29.0 Å².